The number of hydrogen-bond donors (Lipinski definition) is 1. The van der Waals surface area contributed by atoms with Gasteiger partial charge >= 0.3 is 0 Å². The number of thiophene rings is 1. The second-order valence-corrected chi connectivity index (χ2v) is 7.35. The quantitative estimate of drug-likeness (QED) is 0.802. The summed E-state index contributed by atoms with van der Waals surface area (Å²) in [4.78, 5) is 1.38. The molecule has 0 spiro atoms. The molecule has 1 heterocycles. The Balaban J connectivity index is 1.91. The minimum Gasteiger partial charge on any atom is -0.305 e. The van der Waals surface area contributed by atoms with Gasteiger partial charge < -0.3 is 5.32 Å². The molecule has 1 aromatic heterocycles. The average Bonchev–Trinajstić information content (AvgIpc) is 2.74. The third-order valence-corrected chi connectivity index (χ3v) is 5.47. The number of nitrogens with one attached hydrogen (secondary N) is 1. The van der Waals surface area contributed by atoms with Crippen LogP contribution in [0, 0.1) is 0 Å². The van der Waals surface area contributed by atoms with Crippen LogP contribution in [0.3, 0.4) is 0 Å². The molecule has 1 saturated carbocycles. The van der Waals surface area contributed by atoms with Crippen LogP contribution in [-0.4, -0.2) is 11.4 Å². The Hall–Kier alpha value is 0.430. The lowest BCUT2D eigenvalue weighted by atomic mass is 9.83. The molecule has 1 aliphatic rings. The van der Waals surface area contributed by atoms with E-state index >= 15 is 0 Å². The monoisotopic (exact) mass is 321 g/mol. The number of alkyl halides is 1. The number of halogens is 2. The second-order valence-electron chi connectivity index (χ2n) is 4.53. The van der Waals surface area contributed by atoms with Gasteiger partial charge in [-0.15, -0.1) is 22.9 Å². The highest BCUT2D eigenvalue weighted by Gasteiger charge is 2.30. The van der Waals surface area contributed by atoms with Gasteiger partial charge in [0, 0.05) is 22.8 Å². The Morgan fingerprint density at radius 3 is 2.62 bits per heavy atom. The Kier molecular flexibility index (Phi) is 4.71. The summed E-state index contributed by atoms with van der Waals surface area (Å²) in [6.45, 7) is 0.947. The molecule has 0 aromatic carbocycles. The maximum absolute atomic E-state index is 6.14. The zero-order valence-corrected chi connectivity index (χ0v) is 12.4. The van der Waals surface area contributed by atoms with Crippen LogP contribution in [0.15, 0.2) is 15.9 Å². The van der Waals surface area contributed by atoms with Gasteiger partial charge in [0.1, 0.15) is 0 Å². The van der Waals surface area contributed by atoms with Crippen molar-refractivity contribution in [3.8, 4) is 0 Å². The van der Waals surface area contributed by atoms with Gasteiger partial charge in [0.2, 0.25) is 0 Å². The molecule has 0 bridgehead atoms. The Labute approximate surface area is 115 Å². The van der Waals surface area contributed by atoms with Gasteiger partial charge in [0.05, 0.1) is 3.79 Å². The van der Waals surface area contributed by atoms with E-state index < -0.39 is 0 Å². The minimum absolute atomic E-state index is 0.191. The summed E-state index contributed by atoms with van der Waals surface area (Å²) in [5.74, 6) is 0.736. The Bertz CT molecular complexity index is 334. The van der Waals surface area contributed by atoms with E-state index in [1.807, 2.05) is 0 Å². The molecule has 90 valence electrons. The SMILES string of the molecule is ClCC1(NCc2ccc(Br)s2)CCCCC1. The van der Waals surface area contributed by atoms with Crippen LogP contribution in [0.5, 0.6) is 0 Å². The van der Waals surface area contributed by atoms with Crippen molar-refractivity contribution in [2.24, 2.45) is 0 Å². The van der Waals surface area contributed by atoms with E-state index in [4.69, 9.17) is 11.6 Å². The summed E-state index contributed by atoms with van der Waals surface area (Å²) in [6.07, 6.45) is 6.44. The first-order valence-corrected chi connectivity index (χ1v) is 7.94. The summed E-state index contributed by atoms with van der Waals surface area (Å²) < 4.78 is 1.20. The zero-order chi connectivity index (χ0) is 11.4. The summed E-state index contributed by atoms with van der Waals surface area (Å²) >= 11 is 11.4. The molecule has 16 heavy (non-hydrogen) atoms. The first-order chi connectivity index (χ1) is 7.74. The van der Waals surface area contributed by atoms with Crippen molar-refractivity contribution in [1.82, 2.24) is 5.32 Å². The third kappa shape index (κ3) is 3.22. The van der Waals surface area contributed by atoms with Crippen molar-refractivity contribution in [3.05, 3.63) is 20.8 Å². The van der Waals surface area contributed by atoms with Crippen molar-refractivity contribution in [2.45, 2.75) is 44.2 Å². The highest BCUT2D eigenvalue weighted by atomic mass is 79.9. The largest absolute Gasteiger partial charge is 0.305 e. The van der Waals surface area contributed by atoms with Crippen LogP contribution in [0.25, 0.3) is 0 Å². The molecule has 0 atom stereocenters. The molecule has 2 rings (SSSR count). The van der Waals surface area contributed by atoms with Crippen LogP contribution < -0.4 is 5.32 Å². The van der Waals surface area contributed by atoms with Crippen molar-refractivity contribution in [3.63, 3.8) is 0 Å². The highest BCUT2D eigenvalue weighted by Crippen LogP contribution is 2.30. The molecular formula is C12H17BrClNS. The Morgan fingerprint density at radius 1 is 1.31 bits per heavy atom. The summed E-state index contributed by atoms with van der Waals surface area (Å²) in [5.41, 5.74) is 0.191. The van der Waals surface area contributed by atoms with E-state index in [1.165, 1.54) is 40.8 Å². The predicted octanol–water partition coefficient (Wildman–Crippen LogP) is 4.54. The normalized spacial score (nSPS) is 19.9. The lowest BCUT2D eigenvalue weighted by molar-refractivity contribution is 0.257. The zero-order valence-electron chi connectivity index (χ0n) is 9.27. The van der Waals surface area contributed by atoms with E-state index in [1.54, 1.807) is 11.3 Å². The van der Waals surface area contributed by atoms with Gasteiger partial charge in [-0.25, -0.2) is 0 Å². The minimum atomic E-state index is 0.191. The molecule has 4 heteroatoms. The van der Waals surface area contributed by atoms with E-state index in [0.717, 1.165) is 12.4 Å². The van der Waals surface area contributed by atoms with Crippen molar-refractivity contribution >= 4 is 38.9 Å². The number of rotatable bonds is 4. The van der Waals surface area contributed by atoms with Crippen molar-refractivity contribution < 1.29 is 0 Å². The number of hydrogen-bond acceptors (Lipinski definition) is 2. The van der Waals surface area contributed by atoms with Gasteiger partial charge in [0.15, 0.2) is 0 Å². The lowest BCUT2D eigenvalue weighted by Crippen LogP contribution is -2.47. The molecule has 0 aliphatic heterocycles. The van der Waals surface area contributed by atoms with E-state index in [9.17, 15) is 0 Å². The highest BCUT2D eigenvalue weighted by molar-refractivity contribution is 9.11. The van der Waals surface area contributed by atoms with Gasteiger partial charge in [0.25, 0.3) is 0 Å². The molecule has 0 amide bonds. The van der Waals surface area contributed by atoms with Gasteiger partial charge in [-0.05, 0) is 40.9 Å². The molecule has 0 unspecified atom stereocenters. The smallest absolute Gasteiger partial charge is 0.0701 e. The van der Waals surface area contributed by atoms with Gasteiger partial charge in [-0.2, -0.15) is 0 Å². The van der Waals surface area contributed by atoms with E-state index in [2.05, 4.69) is 33.4 Å². The third-order valence-electron chi connectivity index (χ3n) is 3.33. The fourth-order valence-corrected chi connectivity index (χ4v) is 4.09. The van der Waals surface area contributed by atoms with Crippen LogP contribution in [0.1, 0.15) is 37.0 Å². The molecule has 1 aliphatic carbocycles. The van der Waals surface area contributed by atoms with Crippen LogP contribution >= 0.6 is 38.9 Å². The van der Waals surface area contributed by atoms with Crippen LogP contribution in [0.2, 0.25) is 0 Å². The second kappa shape index (κ2) is 5.85. The van der Waals surface area contributed by atoms with E-state index in [-0.39, 0.29) is 5.54 Å². The summed E-state index contributed by atoms with van der Waals surface area (Å²) in [5, 5.41) is 3.67. The maximum Gasteiger partial charge on any atom is 0.0701 e. The summed E-state index contributed by atoms with van der Waals surface area (Å²) in [6, 6.07) is 4.28. The van der Waals surface area contributed by atoms with E-state index in [0.29, 0.717) is 0 Å². The van der Waals surface area contributed by atoms with Crippen molar-refractivity contribution in [1.29, 1.82) is 0 Å². The topological polar surface area (TPSA) is 12.0 Å². The van der Waals surface area contributed by atoms with Gasteiger partial charge in [-0.1, -0.05) is 19.3 Å². The predicted molar refractivity (Wildman–Crippen MR) is 75.4 cm³/mol. The summed E-state index contributed by atoms with van der Waals surface area (Å²) in [7, 11) is 0. The molecule has 1 nitrogen and oxygen atoms in total. The fraction of sp³-hybridized carbons (Fsp3) is 0.667. The fourth-order valence-electron chi connectivity index (χ4n) is 2.31. The molecule has 0 saturated heterocycles. The first-order valence-electron chi connectivity index (χ1n) is 5.79. The lowest BCUT2D eigenvalue weighted by Gasteiger charge is -2.36. The molecule has 1 fully saturated rings. The van der Waals surface area contributed by atoms with Crippen molar-refractivity contribution in [2.75, 3.05) is 5.88 Å². The maximum atomic E-state index is 6.14. The molecule has 0 radical (unpaired) electrons. The van der Waals surface area contributed by atoms with Crippen LogP contribution in [0.4, 0.5) is 0 Å². The van der Waals surface area contributed by atoms with Gasteiger partial charge in [-0.3, -0.25) is 0 Å². The standard InChI is InChI=1S/C12H17BrClNS/c13-11-5-4-10(16-11)8-15-12(9-14)6-2-1-3-7-12/h4-5,15H,1-3,6-9H2. The van der Waals surface area contributed by atoms with Crippen LogP contribution in [-0.2, 0) is 6.54 Å². The molecule has 1 N–H and O–H groups in total. The average molecular weight is 323 g/mol. The molecular weight excluding hydrogens is 306 g/mol. The molecule has 1 aromatic rings. The first kappa shape index (κ1) is 12.9. The Morgan fingerprint density at radius 2 is 2.06 bits per heavy atom.